The fourth-order valence-electron chi connectivity index (χ4n) is 4.50. The van der Waals surface area contributed by atoms with Crippen LogP contribution in [0.25, 0.3) is 32.8 Å². The van der Waals surface area contributed by atoms with Crippen molar-refractivity contribution in [2.45, 2.75) is 0 Å². The van der Waals surface area contributed by atoms with Crippen LogP contribution in [0.5, 0.6) is 0 Å². The molecule has 30 heavy (non-hydrogen) atoms. The molecular formula is C26H20N3Si. The highest BCUT2D eigenvalue weighted by Crippen LogP contribution is 2.33. The molecule has 1 radical (unpaired) electrons. The average Bonchev–Trinajstić information content (AvgIpc) is 3.34. The maximum atomic E-state index is 4.83. The second-order valence-corrected chi connectivity index (χ2v) is 9.92. The summed E-state index contributed by atoms with van der Waals surface area (Å²) < 4.78 is 4.68. The molecule has 2 aromatic heterocycles. The van der Waals surface area contributed by atoms with Gasteiger partial charge in [0.25, 0.3) is 0 Å². The molecule has 3 nitrogen and oxygen atoms in total. The van der Waals surface area contributed by atoms with E-state index < -0.39 is 8.96 Å². The third kappa shape index (κ3) is 2.47. The van der Waals surface area contributed by atoms with Gasteiger partial charge in [0.1, 0.15) is 5.52 Å². The number of hydrogen-bond donors (Lipinski definition) is 0. The Morgan fingerprint density at radius 3 is 1.97 bits per heavy atom. The summed E-state index contributed by atoms with van der Waals surface area (Å²) in [6.07, 6.45) is 1.92. The number of imidazole rings is 1. The van der Waals surface area contributed by atoms with Crippen molar-refractivity contribution in [2.24, 2.45) is 7.05 Å². The Balaban J connectivity index is 1.82. The van der Waals surface area contributed by atoms with Crippen LogP contribution in [-0.4, -0.2) is 22.7 Å². The third-order valence-electron chi connectivity index (χ3n) is 5.85. The van der Waals surface area contributed by atoms with Gasteiger partial charge in [0.2, 0.25) is 8.96 Å². The molecule has 0 aliphatic carbocycles. The molecule has 2 heterocycles. The lowest BCUT2D eigenvalue weighted by Crippen LogP contribution is -2.48. The smallest absolute Gasteiger partial charge is 0.247 e. The molecule has 0 atom stereocenters. The van der Waals surface area contributed by atoms with E-state index in [-0.39, 0.29) is 0 Å². The minimum Gasteiger partial charge on any atom is -0.357 e. The molecule has 0 fully saturated rings. The van der Waals surface area contributed by atoms with Crippen molar-refractivity contribution in [1.82, 2.24) is 13.8 Å². The van der Waals surface area contributed by atoms with E-state index in [2.05, 4.69) is 113 Å². The molecule has 0 saturated carbocycles. The first-order chi connectivity index (χ1) is 14.8. The Bertz CT molecular complexity index is 1460. The molecular weight excluding hydrogens is 382 g/mol. The van der Waals surface area contributed by atoms with Gasteiger partial charge in [-0.3, -0.25) is 0 Å². The van der Waals surface area contributed by atoms with Gasteiger partial charge in [0.15, 0.2) is 0 Å². The Labute approximate surface area is 176 Å². The Morgan fingerprint density at radius 2 is 1.27 bits per heavy atom. The van der Waals surface area contributed by atoms with E-state index >= 15 is 0 Å². The molecule has 143 valence electrons. The zero-order valence-electron chi connectivity index (χ0n) is 16.7. The first-order valence-electron chi connectivity index (χ1n) is 10.1. The second kappa shape index (κ2) is 6.71. The SMILES string of the molecule is Cn1cnc2c1ccc1c3ccccc3n([Si](c3ccccc3)c3ccccc3)c12. The fraction of sp³-hybridized carbons (Fsp3) is 0.0385. The summed E-state index contributed by atoms with van der Waals surface area (Å²) >= 11 is 0. The van der Waals surface area contributed by atoms with Crippen LogP contribution in [0.1, 0.15) is 0 Å². The van der Waals surface area contributed by atoms with Gasteiger partial charge in [-0.05, 0) is 22.5 Å². The van der Waals surface area contributed by atoms with Crippen LogP contribution in [0, 0.1) is 0 Å². The van der Waals surface area contributed by atoms with E-state index in [0.29, 0.717) is 0 Å². The van der Waals surface area contributed by atoms with Gasteiger partial charge in [0, 0.05) is 23.3 Å². The number of aryl methyl sites for hydroxylation is 1. The maximum absolute atomic E-state index is 4.83. The number of fused-ring (bicyclic) bond motifs is 5. The summed E-state index contributed by atoms with van der Waals surface area (Å²) in [5.41, 5.74) is 4.73. The summed E-state index contributed by atoms with van der Waals surface area (Å²) in [4.78, 5) is 4.83. The van der Waals surface area contributed by atoms with Crippen molar-refractivity contribution in [1.29, 1.82) is 0 Å². The Hall–Kier alpha value is -3.63. The fourth-order valence-corrected chi connectivity index (χ4v) is 7.25. The lowest BCUT2D eigenvalue weighted by Gasteiger charge is -2.20. The first-order valence-corrected chi connectivity index (χ1v) is 11.6. The van der Waals surface area contributed by atoms with Crippen molar-refractivity contribution >= 4 is 52.2 Å². The number of aromatic nitrogens is 3. The maximum Gasteiger partial charge on any atom is 0.247 e. The molecule has 0 N–H and O–H groups in total. The minimum absolute atomic E-state index is 1.07. The van der Waals surface area contributed by atoms with E-state index in [1.165, 1.54) is 32.2 Å². The summed E-state index contributed by atoms with van der Waals surface area (Å²) in [5, 5.41) is 5.29. The first kappa shape index (κ1) is 17.2. The number of benzene rings is 4. The van der Waals surface area contributed by atoms with Gasteiger partial charge < -0.3 is 8.80 Å². The van der Waals surface area contributed by atoms with Crippen molar-refractivity contribution < 1.29 is 0 Å². The van der Waals surface area contributed by atoms with Gasteiger partial charge in [-0.2, -0.15) is 0 Å². The Morgan fingerprint density at radius 1 is 0.633 bits per heavy atom. The molecule has 0 aliphatic heterocycles. The summed E-state index contributed by atoms with van der Waals surface area (Å²) in [5.74, 6) is 0. The number of hydrogen-bond acceptors (Lipinski definition) is 1. The summed E-state index contributed by atoms with van der Waals surface area (Å²) in [6, 6.07) is 35.0. The van der Waals surface area contributed by atoms with Crippen molar-refractivity contribution in [3.05, 3.63) is 103 Å². The predicted molar refractivity (Wildman–Crippen MR) is 127 cm³/mol. The van der Waals surface area contributed by atoms with Gasteiger partial charge in [-0.1, -0.05) is 84.9 Å². The van der Waals surface area contributed by atoms with E-state index in [9.17, 15) is 0 Å². The largest absolute Gasteiger partial charge is 0.357 e. The zero-order chi connectivity index (χ0) is 20.1. The monoisotopic (exact) mass is 402 g/mol. The molecule has 0 amide bonds. The number of rotatable bonds is 3. The number of nitrogens with zero attached hydrogens (tertiary/aromatic N) is 3. The molecule has 0 aliphatic rings. The molecule has 0 spiro atoms. The summed E-state index contributed by atoms with van der Waals surface area (Å²) in [7, 11) is 0.766. The standard InChI is InChI=1S/C26H20N3Si/c1-28-18-27-25-24(28)17-16-22-21-14-8-9-15-23(21)29(26(22)25)30(19-10-4-2-5-11-19)20-12-6-3-7-13-20/h2-18H,1H3. The van der Waals surface area contributed by atoms with Gasteiger partial charge in [-0.15, -0.1) is 0 Å². The van der Waals surface area contributed by atoms with Gasteiger partial charge >= 0.3 is 0 Å². The Kier molecular flexibility index (Phi) is 3.86. The van der Waals surface area contributed by atoms with E-state index in [1.807, 2.05) is 6.33 Å². The van der Waals surface area contributed by atoms with E-state index in [4.69, 9.17) is 4.98 Å². The van der Waals surface area contributed by atoms with Crippen LogP contribution in [0.15, 0.2) is 103 Å². The topological polar surface area (TPSA) is 22.8 Å². The van der Waals surface area contributed by atoms with Crippen molar-refractivity contribution in [3.63, 3.8) is 0 Å². The van der Waals surface area contributed by atoms with Crippen LogP contribution in [-0.2, 0) is 7.05 Å². The van der Waals surface area contributed by atoms with Crippen molar-refractivity contribution in [2.75, 3.05) is 0 Å². The van der Waals surface area contributed by atoms with E-state index in [1.54, 1.807) is 0 Å². The van der Waals surface area contributed by atoms with Gasteiger partial charge in [-0.25, -0.2) is 4.98 Å². The van der Waals surface area contributed by atoms with Crippen LogP contribution >= 0.6 is 0 Å². The zero-order valence-corrected chi connectivity index (χ0v) is 17.7. The number of para-hydroxylation sites is 1. The average molecular weight is 403 g/mol. The van der Waals surface area contributed by atoms with Crippen LogP contribution < -0.4 is 10.4 Å². The molecule has 0 saturated heterocycles. The highest BCUT2D eigenvalue weighted by molar-refractivity contribution is 6.85. The van der Waals surface area contributed by atoms with Crippen LogP contribution in [0.4, 0.5) is 0 Å². The second-order valence-electron chi connectivity index (χ2n) is 7.62. The summed E-state index contributed by atoms with van der Waals surface area (Å²) in [6.45, 7) is 0. The van der Waals surface area contributed by atoms with Crippen molar-refractivity contribution in [3.8, 4) is 0 Å². The lowest BCUT2D eigenvalue weighted by atomic mass is 10.1. The predicted octanol–water partition coefficient (Wildman–Crippen LogP) is 4.34. The quantitative estimate of drug-likeness (QED) is 0.404. The van der Waals surface area contributed by atoms with E-state index in [0.717, 1.165) is 11.0 Å². The van der Waals surface area contributed by atoms with Gasteiger partial charge in [0.05, 0.1) is 17.4 Å². The normalized spacial score (nSPS) is 11.8. The third-order valence-corrected chi connectivity index (χ3v) is 8.52. The van der Waals surface area contributed by atoms with Crippen LogP contribution in [0.3, 0.4) is 0 Å². The molecule has 0 bridgehead atoms. The molecule has 4 aromatic carbocycles. The highest BCUT2D eigenvalue weighted by atomic mass is 28.3. The van der Waals surface area contributed by atoms with Crippen LogP contribution in [0.2, 0.25) is 0 Å². The molecule has 0 unspecified atom stereocenters. The highest BCUT2D eigenvalue weighted by Gasteiger charge is 2.26. The molecule has 4 heteroatoms. The molecule has 6 rings (SSSR count). The lowest BCUT2D eigenvalue weighted by molar-refractivity contribution is 0.948. The minimum atomic E-state index is -1.30. The molecule has 6 aromatic rings.